The number of nitrogens with zero attached hydrogens (tertiary/aromatic N) is 2. The normalized spacial score (nSPS) is 10.0. The van der Waals surface area contributed by atoms with E-state index in [2.05, 4.69) is 10.3 Å². The number of aromatic nitrogens is 1. The Balaban J connectivity index is 2.05. The van der Waals surface area contributed by atoms with E-state index in [9.17, 15) is 0 Å². The van der Waals surface area contributed by atoms with Crippen molar-refractivity contribution < 1.29 is 9.47 Å². The third-order valence-corrected chi connectivity index (χ3v) is 2.32. The molecule has 0 atom stereocenters. The third kappa shape index (κ3) is 6.18. The lowest BCUT2D eigenvalue weighted by Crippen LogP contribution is -2.07. The van der Waals surface area contributed by atoms with Gasteiger partial charge in [-0.05, 0) is 25.0 Å². The van der Waals surface area contributed by atoms with Crippen molar-refractivity contribution in [3.8, 4) is 6.07 Å². The molecule has 98 valence electrons. The van der Waals surface area contributed by atoms with Crippen LogP contribution in [0.15, 0.2) is 18.2 Å². The van der Waals surface area contributed by atoms with Crippen LogP contribution in [0.4, 0.5) is 5.82 Å². The van der Waals surface area contributed by atoms with Crippen molar-refractivity contribution >= 4 is 5.82 Å². The summed E-state index contributed by atoms with van der Waals surface area (Å²) in [6, 6.07) is 7.38. The summed E-state index contributed by atoms with van der Waals surface area (Å²) in [6.45, 7) is 2.87. The number of methoxy groups -OCH3 is 1. The van der Waals surface area contributed by atoms with Gasteiger partial charge in [0.05, 0.1) is 13.2 Å². The van der Waals surface area contributed by atoms with Crippen LogP contribution in [-0.2, 0) is 9.47 Å². The lowest BCUT2D eigenvalue weighted by molar-refractivity contribution is 0.0691. The number of nitrogens with one attached hydrogen (secondary N) is 1. The smallest absolute Gasteiger partial charge is 0.142 e. The molecule has 1 aromatic rings. The summed E-state index contributed by atoms with van der Waals surface area (Å²) in [5.74, 6) is 0.745. The molecule has 5 nitrogen and oxygen atoms in total. The highest BCUT2D eigenvalue weighted by atomic mass is 16.5. The van der Waals surface area contributed by atoms with E-state index in [4.69, 9.17) is 14.7 Å². The molecule has 0 fully saturated rings. The van der Waals surface area contributed by atoms with E-state index in [1.807, 2.05) is 18.2 Å². The van der Waals surface area contributed by atoms with Gasteiger partial charge in [0, 0.05) is 20.3 Å². The summed E-state index contributed by atoms with van der Waals surface area (Å²) < 4.78 is 10.2. The molecule has 1 aromatic heterocycles. The molecule has 5 heteroatoms. The maximum absolute atomic E-state index is 8.71. The zero-order valence-corrected chi connectivity index (χ0v) is 10.7. The van der Waals surface area contributed by atoms with Crippen LogP contribution in [0, 0.1) is 11.3 Å². The second kappa shape index (κ2) is 9.40. The van der Waals surface area contributed by atoms with Crippen LogP contribution in [0.2, 0.25) is 0 Å². The molecule has 0 aliphatic carbocycles. The van der Waals surface area contributed by atoms with Gasteiger partial charge in [0.2, 0.25) is 0 Å². The van der Waals surface area contributed by atoms with Gasteiger partial charge in [0.1, 0.15) is 17.6 Å². The van der Waals surface area contributed by atoms with Crippen molar-refractivity contribution in [3.63, 3.8) is 0 Å². The van der Waals surface area contributed by atoms with Gasteiger partial charge in [-0.1, -0.05) is 6.07 Å². The fraction of sp³-hybridized carbons (Fsp3) is 0.538. The molecule has 0 bridgehead atoms. The van der Waals surface area contributed by atoms with Crippen molar-refractivity contribution in [1.29, 1.82) is 5.26 Å². The minimum absolute atomic E-state index is 0.433. The standard InChI is InChI=1S/C13H19N3O2/c1-17-9-10-18-8-3-2-7-15-13-6-4-5-12(11-14)16-13/h4-6H,2-3,7-10H2,1H3,(H,15,16). The van der Waals surface area contributed by atoms with Crippen molar-refractivity contribution in [2.24, 2.45) is 0 Å². The molecule has 0 saturated heterocycles. The van der Waals surface area contributed by atoms with Crippen LogP contribution >= 0.6 is 0 Å². The monoisotopic (exact) mass is 249 g/mol. The maximum atomic E-state index is 8.71. The summed E-state index contributed by atoms with van der Waals surface area (Å²) in [4.78, 5) is 4.13. The van der Waals surface area contributed by atoms with Gasteiger partial charge in [0.25, 0.3) is 0 Å². The van der Waals surface area contributed by atoms with E-state index in [0.717, 1.165) is 31.8 Å². The first kappa shape index (κ1) is 14.4. The largest absolute Gasteiger partial charge is 0.382 e. The first-order chi connectivity index (χ1) is 8.86. The maximum Gasteiger partial charge on any atom is 0.142 e. The highest BCUT2D eigenvalue weighted by molar-refractivity contribution is 5.38. The van der Waals surface area contributed by atoms with Crippen LogP contribution in [0.25, 0.3) is 0 Å². The summed E-state index contributed by atoms with van der Waals surface area (Å²) in [5.41, 5.74) is 0.433. The molecular formula is C13H19N3O2. The molecule has 0 aromatic carbocycles. The van der Waals surface area contributed by atoms with Gasteiger partial charge in [-0.15, -0.1) is 0 Å². The third-order valence-electron chi connectivity index (χ3n) is 2.32. The molecule has 18 heavy (non-hydrogen) atoms. The number of ether oxygens (including phenoxy) is 2. The Labute approximate surface area is 108 Å². The average molecular weight is 249 g/mol. The topological polar surface area (TPSA) is 67.2 Å². The first-order valence-corrected chi connectivity index (χ1v) is 6.04. The molecule has 0 aliphatic rings. The van der Waals surface area contributed by atoms with Crippen LogP contribution in [-0.4, -0.2) is 38.5 Å². The predicted molar refractivity (Wildman–Crippen MR) is 69.4 cm³/mol. The van der Waals surface area contributed by atoms with Crippen molar-refractivity contribution in [1.82, 2.24) is 4.98 Å². The van der Waals surface area contributed by atoms with E-state index < -0.39 is 0 Å². The summed E-state index contributed by atoms with van der Waals surface area (Å²) in [6.07, 6.45) is 2.00. The molecule has 0 saturated carbocycles. The lowest BCUT2D eigenvalue weighted by atomic mass is 10.3. The van der Waals surface area contributed by atoms with Crippen LogP contribution < -0.4 is 5.32 Å². The van der Waals surface area contributed by atoms with Gasteiger partial charge in [-0.2, -0.15) is 5.26 Å². The van der Waals surface area contributed by atoms with Crippen LogP contribution in [0.3, 0.4) is 0 Å². The quantitative estimate of drug-likeness (QED) is 0.676. The molecule has 1 N–H and O–H groups in total. The Morgan fingerprint density at radius 2 is 2.17 bits per heavy atom. The van der Waals surface area contributed by atoms with Gasteiger partial charge >= 0.3 is 0 Å². The van der Waals surface area contributed by atoms with E-state index >= 15 is 0 Å². The zero-order valence-electron chi connectivity index (χ0n) is 10.7. The Morgan fingerprint density at radius 1 is 1.28 bits per heavy atom. The number of unbranched alkanes of at least 4 members (excludes halogenated alkanes) is 1. The SMILES string of the molecule is COCCOCCCCNc1cccc(C#N)n1. The number of nitriles is 1. The highest BCUT2D eigenvalue weighted by Crippen LogP contribution is 2.04. The molecular weight excluding hydrogens is 230 g/mol. The zero-order chi connectivity index (χ0) is 13.1. The van der Waals surface area contributed by atoms with Crippen LogP contribution in [0.1, 0.15) is 18.5 Å². The number of hydrogen-bond acceptors (Lipinski definition) is 5. The minimum atomic E-state index is 0.433. The van der Waals surface area contributed by atoms with E-state index in [-0.39, 0.29) is 0 Å². The summed E-state index contributed by atoms with van der Waals surface area (Å²) in [5, 5.41) is 11.9. The Kier molecular flexibility index (Phi) is 7.53. The van der Waals surface area contributed by atoms with Gasteiger partial charge < -0.3 is 14.8 Å². The minimum Gasteiger partial charge on any atom is -0.382 e. The van der Waals surface area contributed by atoms with E-state index in [1.165, 1.54) is 0 Å². The summed E-state index contributed by atoms with van der Waals surface area (Å²) >= 11 is 0. The fourth-order valence-electron chi connectivity index (χ4n) is 1.39. The second-order valence-electron chi connectivity index (χ2n) is 3.76. The first-order valence-electron chi connectivity index (χ1n) is 6.04. The van der Waals surface area contributed by atoms with Gasteiger partial charge in [-0.3, -0.25) is 0 Å². The van der Waals surface area contributed by atoms with Crippen LogP contribution in [0.5, 0.6) is 0 Å². The van der Waals surface area contributed by atoms with Crippen molar-refractivity contribution in [3.05, 3.63) is 23.9 Å². The highest BCUT2D eigenvalue weighted by Gasteiger charge is 1.96. The van der Waals surface area contributed by atoms with Gasteiger partial charge in [0.15, 0.2) is 0 Å². The Morgan fingerprint density at radius 3 is 2.94 bits per heavy atom. The second-order valence-corrected chi connectivity index (χ2v) is 3.76. The van der Waals surface area contributed by atoms with Gasteiger partial charge in [-0.25, -0.2) is 4.98 Å². The van der Waals surface area contributed by atoms with E-state index in [0.29, 0.717) is 18.9 Å². The van der Waals surface area contributed by atoms with Crippen molar-refractivity contribution in [2.45, 2.75) is 12.8 Å². The number of rotatable bonds is 9. The predicted octanol–water partition coefficient (Wildman–Crippen LogP) is 1.81. The number of hydrogen-bond donors (Lipinski definition) is 1. The molecule has 1 rings (SSSR count). The fourth-order valence-corrected chi connectivity index (χ4v) is 1.39. The molecule has 0 radical (unpaired) electrons. The molecule has 0 amide bonds. The molecule has 0 unspecified atom stereocenters. The molecule has 0 spiro atoms. The summed E-state index contributed by atoms with van der Waals surface area (Å²) in [7, 11) is 1.66. The molecule has 1 heterocycles. The Bertz CT molecular complexity index is 377. The molecule has 0 aliphatic heterocycles. The van der Waals surface area contributed by atoms with E-state index in [1.54, 1.807) is 13.2 Å². The lowest BCUT2D eigenvalue weighted by Gasteiger charge is -2.06. The number of anilines is 1. The average Bonchev–Trinajstić information content (AvgIpc) is 2.42. The van der Waals surface area contributed by atoms with Crippen molar-refractivity contribution in [2.75, 3.05) is 38.8 Å². The number of pyridine rings is 1. The Hall–Kier alpha value is -1.64.